The molecule has 1 aliphatic rings. The first-order valence-electron chi connectivity index (χ1n) is 5.32. The van der Waals surface area contributed by atoms with Crippen LogP contribution in [0.3, 0.4) is 0 Å². The Morgan fingerprint density at radius 3 is 2.21 bits per heavy atom. The predicted molar refractivity (Wildman–Crippen MR) is 70.4 cm³/mol. The molecule has 1 aromatic rings. The zero-order valence-electron chi connectivity index (χ0n) is 9.80. The van der Waals surface area contributed by atoms with Gasteiger partial charge >= 0.3 is 0 Å². The lowest BCUT2D eigenvalue weighted by molar-refractivity contribution is -0.384. The van der Waals surface area contributed by atoms with E-state index >= 15 is 0 Å². The Hall–Kier alpha value is -1.41. The molecule has 0 aromatic heterocycles. The van der Waals surface area contributed by atoms with Crippen molar-refractivity contribution in [3.8, 4) is 0 Å². The third-order valence-corrected chi connectivity index (χ3v) is 4.47. The molecular weight excluding hydrogens is 299 g/mol. The van der Waals surface area contributed by atoms with Crippen molar-refractivity contribution < 1.29 is 17.7 Å². The van der Waals surface area contributed by atoms with Crippen molar-refractivity contribution in [2.45, 2.75) is 12.8 Å². The number of hydrogen-bond donors (Lipinski definition) is 1. The van der Waals surface area contributed by atoms with E-state index in [1.54, 1.807) is 0 Å². The number of anilines is 1. The largest absolute Gasteiger partial charge is 0.391 e. The van der Waals surface area contributed by atoms with E-state index in [1.807, 2.05) is 0 Å². The molecule has 1 heterocycles. The fourth-order valence-electron chi connectivity index (χ4n) is 1.47. The van der Waals surface area contributed by atoms with Gasteiger partial charge in [-0.15, -0.1) is 0 Å². The van der Waals surface area contributed by atoms with Crippen molar-refractivity contribution in [2.24, 2.45) is 0 Å². The molecule has 106 valence electrons. The van der Waals surface area contributed by atoms with Crippen molar-refractivity contribution >= 4 is 32.8 Å². The standard InChI is InChI=1S/C6H4ClFN2O2.C4H8O2S/c7-3-1-4(8)6(9)5(2-3)10(11)12;5-7(6)3-1-2-4-7/h1-2H,9H2;1-4H2. The van der Waals surface area contributed by atoms with Crippen molar-refractivity contribution in [1.82, 2.24) is 0 Å². The molecule has 0 unspecified atom stereocenters. The van der Waals surface area contributed by atoms with Gasteiger partial charge in [0, 0.05) is 6.07 Å². The van der Waals surface area contributed by atoms with Crippen LogP contribution in [-0.4, -0.2) is 24.8 Å². The van der Waals surface area contributed by atoms with Gasteiger partial charge in [0.1, 0.15) is 15.5 Å². The van der Waals surface area contributed by atoms with Gasteiger partial charge in [0.05, 0.1) is 21.5 Å². The lowest BCUT2D eigenvalue weighted by atomic mass is 10.2. The number of nitrogens with zero attached hydrogens (tertiary/aromatic N) is 1. The molecule has 19 heavy (non-hydrogen) atoms. The lowest BCUT2D eigenvalue weighted by Crippen LogP contribution is -1.98. The zero-order chi connectivity index (χ0) is 14.6. The molecule has 9 heteroatoms. The van der Waals surface area contributed by atoms with Gasteiger partial charge in [0.15, 0.2) is 5.82 Å². The smallest absolute Gasteiger partial charge is 0.296 e. The number of rotatable bonds is 1. The molecule has 0 spiro atoms. The van der Waals surface area contributed by atoms with E-state index in [1.165, 1.54) is 0 Å². The normalized spacial score (nSPS) is 16.5. The average Bonchev–Trinajstić information content (AvgIpc) is 2.69. The van der Waals surface area contributed by atoms with Gasteiger partial charge in [0.2, 0.25) is 0 Å². The van der Waals surface area contributed by atoms with Crippen molar-refractivity contribution in [3.63, 3.8) is 0 Å². The molecule has 2 N–H and O–H groups in total. The van der Waals surface area contributed by atoms with Crippen LogP contribution in [0.15, 0.2) is 12.1 Å². The number of benzene rings is 1. The Bertz CT molecular complexity index is 579. The van der Waals surface area contributed by atoms with E-state index in [0.717, 1.165) is 25.0 Å². The maximum atomic E-state index is 12.7. The predicted octanol–water partition coefficient (Wildman–Crippen LogP) is 2.16. The molecule has 0 amide bonds. The molecule has 0 bridgehead atoms. The molecule has 1 fully saturated rings. The number of hydrogen-bond acceptors (Lipinski definition) is 5. The first kappa shape index (κ1) is 15.6. The highest BCUT2D eigenvalue weighted by molar-refractivity contribution is 7.91. The van der Waals surface area contributed by atoms with Crippen molar-refractivity contribution in [2.75, 3.05) is 17.2 Å². The van der Waals surface area contributed by atoms with E-state index in [-0.39, 0.29) is 5.02 Å². The fraction of sp³-hybridized carbons (Fsp3) is 0.400. The third-order valence-electron chi connectivity index (χ3n) is 2.43. The van der Waals surface area contributed by atoms with Crippen molar-refractivity contribution in [1.29, 1.82) is 0 Å². The van der Waals surface area contributed by atoms with E-state index in [0.29, 0.717) is 11.5 Å². The summed E-state index contributed by atoms with van der Waals surface area (Å²) in [5.74, 6) is -0.0331. The second kappa shape index (κ2) is 6.16. The Kier molecular flexibility index (Phi) is 5.07. The maximum Gasteiger partial charge on any atom is 0.296 e. The molecular formula is C10H12ClFN2O4S. The van der Waals surface area contributed by atoms with Gasteiger partial charge in [0.25, 0.3) is 5.69 Å². The second-order valence-corrected chi connectivity index (χ2v) is 6.68. The summed E-state index contributed by atoms with van der Waals surface area (Å²) >= 11 is 5.37. The van der Waals surface area contributed by atoms with Crippen LogP contribution in [0.4, 0.5) is 15.8 Å². The summed E-state index contributed by atoms with van der Waals surface area (Å²) in [6, 6.07) is 1.92. The Morgan fingerprint density at radius 2 is 1.84 bits per heavy atom. The van der Waals surface area contributed by atoms with Crippen LogP contribution in [0.1, 0.15) is 12.8 Å². The van der Waals surface area contributed by atoms with Crippen molar-refractivity contribution in [3.05, 3.63) is 33.1 Å². The summed E-state index contributed by atoms with van der Waals surface area (Å²) in [4.78, 5) is 9.44. The van der Waals surface area contributed by atoms with Gasteiger partial charge in [-0.1, -0.05) is 11.6 Å². The molecule has 1 aliphatic heterocycles. The summed E-state index contributed by atoms with van der Waals surface area (Å²) in [5.41, 5.74) is 4.07. The lowest BCUT2D eigenvalue weighted by Gasteiger charge is -1.98. The number of nitrogens with two attached hydrogens (primary N) is 1. The molecule has 0 saturated carbocycles. The molecule has 6 nitrogen and oxygen atoms in total. The van der Waals surface area contributed by atoms with Gasteiger partial charge in [-0.2, -0.15) is 0 Å². The summed E-state index contributed by atoms with van der Waals surface area (Å²) < 4.78 is 33.5. The van der Waals surface area contributed by atoms with E-state index in [2.05, 4.69) is 0 Å². The summed E-state index contributed by atoms with van der Waals surface area (Å²) in [7, 11) is -2.55. The highest BCUT2D eigenvalue weighted by atomic mass is 35.5. The monoisotopic (exact) mass is 310 g/mol. The number of nitro groups is 1. The Labute approximate surface area is 114 Å². The van der Waals surface area contributed by atoms with E-state index < -0.39 is 32.0 Å². The minimum Gasteiger partial charge on any atom is -0.391 e. The van der Waals surface area contributed by atoms with Gasteiger partial charge < -0.3 is 5.73 Å². The topological polar surface area (TPSA) is 103 Å². The average molecular weight is 311 g/mol. The quantitative estimate of drug-likeness (QED) is 0.486. The van der Waals surface area contributed by atoms with Crippen LogP contribution in [0, 0.1) is 15.9 Å². The Balaban J connectivity index is 0.000000218. The molecule has 1 aromatic carbocycles. The highest BCUT2D eigenvalue weighted by Crippen LogP contribution is 2.27. The first-order chi connectivity index (χ1) is 8.73. The number of sulfone groups is 1. The second-order valence-electron chi connectivity index (χ2n) is 3.94. The summed E-state index contributed by atoms with van der Waals surface area (Å²) in [5, 5.41) is 10.2. The Morgan fingerprint density at radius 1 is 1.32 bits per heavy atom. The molecule has 0 atom stereocenters. The zero-order valence-corrected chi connectivity index (χ0v) is 11.4. The fourth-order valence-corrected chi connectivity index (χ4v) is 3.16. The highest BCUT2D eigenvalue weighted by Gasteiger charge is 2.16. The van der Waals surface area contributed by atoms with Gasteiger partial charge in [-0.25, -0.2) is 12.8 Å². The van der Waals surface area contributed by atoms with Crippen LogP contribution in [0.5, 0.6) is 0 Å². The van der Waals surface area contributed by atoms with Gasteiger partial charge in [-0.3, -0.25) is 10.1 Å². The molecule has 2 rings (SSSR count). The van der Waals surface area contributed by atoms with E-state index in [9.17, 15) is 22.9 Å². The third kappa shape index (κ3) is 4.64. The van der Waals surface area contributed by atoms with Crippen LogP contribution in [0.25, 0.3) is 0 Å². The first-order valence-corrected chi connectivity index (χ1v) is 7.52. The molecule has 0 radical (unpaired) electrons. The SMILES string of the molecule is Nc1c(F)cc(Cl)cc1[N+](=O)[O-].O=S1(=O)CCCC1. The number of nitro benzene ring substituents is 1. The summed E-state index contributed by atoms with van der Waals surface area (Å²) in [6.45, 7) is 0. The van der Waals surface area contributed by atoms with E-state index in [4.69, 9.17) is 17.3 Å². The summed E-state index contributed by atoms with van der Waals surface area (Å²) in [6.07, 6.45) is 1.75. The number of nitrogen functional groups attached to an aromatic ring is 1. The molecule has 1 saturated heterocycles. The van der Waals surface area contributed by atoms with Crippen LogP contribution < -0.4 is 5.73 Å². The van der Waals surface area contributed by atoms with Crippen LogP contribution in [-0.2, 0) is 9.84 Å². The minimum absolute atomic E-state index is 0.0478. The number of halogens is 2. The maximum absolute atomic E-state index is 12.7. The minimum atomic E-state index is -2.55. The van der Waals surface area contributed by atoms with Gasteiger partial charge in [-0.05, 0) is 18.9 Å². The van der Waals surface area contributed by atoms with Crippen LogP contribution >= 0.6 is 11.6 Å². The molecule has 0 aliphatic carbocycles. The van der Waals surface area contributed by atoms with Crippen LogP contribution in [0.2, 0.25) is 5.02 Å².